The van der Waals surface area contributed by atoms with Gasteiger partial charge in [0, 0.05) is 19.7 Å². The van der Waals surface area contributed by atoms with Gasteiger partial charge < -0.3 is 14.7 Å². The molecule has 19 heavy (non-hydrogen) atoms. The van der Waals surface area contributed by atoms with Crippen molar-refractivity contribution in [2.75, 3.05) is 39.5 Å². The number of ether oxygens (including phenoxy) is 1. The van der Waals surface area contributed by atoms with Crippen molar-refractivity contribution in [3.05, 3.63) is 35.9 Å². The zero-order valence-corrected chi connectivity index (χ0v) is 11.6. The Balaban J connectivity index is 1.54. The molecule has 1 fully saturated rings. The molecule has 1 aromatic carbocycles. The zero-order valence-electron chi connectivity index (χ0n) is 11.6. The minimum atomic E-state index is 0.325. The second-order valence-electron chi connectivity index (χ2n) is 5.34. The Hall–Kier alpha value is -0.900. The Kier molecular flexibility index (Phi) is 6.34. The third-order valence-electron chi connectivity index (χ3n) is 3.79. The van der Waals surface area contributed by atoms with Crippen molar-refractivity contribution in [2.45, 2.75) is 19.3 Å². The van der Waals surface area contributed by atoms with Crippen molar-refractivity contribution in [1.29, 1.82) is 0 Å². The lowest BCUT2D eigenvalue weighted by molar-refractivity contribution is 0.0727. The molecule has 1 unspecified atom stereocenters. The summed E-state index contributed by atoms with van der Waals surface area (Å²) in [6, 6.07) is 10.5. The van der Waals surface area contributed by atoms with Crippen LogP contribution in [0, 0.1) is 5.92 Å². The number of likely N-dealkylation sites (tertiary alicyclic amines) is 1. The predicted molar refractivity (Wildman–Crippen MR) is 77.2 cm³/mol. The van der Waals surface area contributed by atoms with Crippen LogP contribution in [0.2, 0.25) is 0 Å². The highest BCUT2D eigenvalue weighted by Crippen LogP contribution is 2.15. The van der Waals surface area contributed by atoms with Gasteiger partial charge in [-0.05, 0) is 37.3 Å². The van der Waals surface area contributed by atoms with Crippen molar-refractivity contribution in [3.8, 4) is 0 Å². The second-order valence-corrected chi connectivity index (χ2v) is 5.34. The van der Waals surface area contributed by atoms with Gasteiger partial charge in [0.2, 0.25) is 0 Å². The maximum atomic E-state index is 9.19. The van der Waals surface area contributed by atoms with Gasteiger partial charge in [-0.25, -0.2) is 0 Å². The third kappa shape index (κ3) is 5.31. The van der Waals surface area contributed by atoms with E-state index in [9.17, 15) is 5.11 Å². The van der Waals surface area contributed by atoms with E-state index in [0.29, 0.717) is 12.5 Å². The predicted octanol–water partition coefficient (Wildman–Crippen LogP) is 1.95. The quantitative estimate of drug-likeness (QED) is 0.763. The number of nitrogens with zero attached hydrogens (tertiary/aromatic N) is 1. The maximum absolute atomic E-state index is 9.19. The summed E-state index contributed by atoms with van der Waals surface area (Å²) in [7, 11) is 0. The van der Waals surface area contributed by atoms with Gasteiger partial charge in [0.25, 0.3) is 0 Å². The molecule has 0 saturated carbocycles. The lowest BCUT2D eigenvalue weighted by atomic mass is 9.99. The molecule has 0 spiro atoms. The van der Waals surface area contributed by atoms with Gasteiger partial charge in [0.1, 0.15) is 0 Å². The third-order valence-corrected chi connectivity index (χ3v) is 3.79. The van der Waals surface area contributed by atoms with Crippen LogP contribution in [0.25, 0.3) is 0 Å². The summed E-state index contributed by atoms with van der Waals surface area (Å²) in [4.78, 5) is 2.41. The highest BCUT2D eigenvalue weighted by atomic mass is 16.5. The molecule has 1 aromatic rings. The normalized spacial score (nSPS) is 20.6. The summed E-state index contributed by atoms with van der Waals surface area (Å²) in [5.41, 5.74) is 1.33. The van der Waals surface area contributed by atoms with Crippen molar-refractivity contribution in [1.82, 2.24) is 4.90 Å². The van der Waals surface area contributed by atoms with Gasteiger partial charge in [-0.15, -0.1) is 0 Å². The van der Waals surface area contributed by atoms with E-state index < -0.39 is 0 Å². The molecule has 0 aliphatic carbocycles. The van der Waals surface area contributed by atoms with Crippen LogP contribution in [-0.2, 0) is 11.2 Å². The SMILES string of the molecule is OCC1CCCN(CCOCCc2ccccc2)C1. The molecule has 0 aromatic heterocycles. The molecule has 2 rings (SSSR count). The minimum Gasteiger partial charge on any atom is -0.396 e. The van der Waals surface area contributed by atoms with Crippen molar-refractivity contribution in [2.24, 2.45) is 5.92 Å². The molecule has 1 saturated heterocycles. The summed E-state index contributed by atoms with van der Waals surface area (Å²) < 4.78 is 5.71. The van der Waals surface area contributed by atoms with E-state index in [-0.39, 0.29) is 0 Å². The van der Waals surface area contributed by atoms with Crippen LogP contribution in [0.1, 0.15) is 18.4 Å². The molecular weight excluding hydrogens is 238 g/mol. The van der Waals surface area contributed by atoms with Gasteiger partial charge in [-0.1, -0.05) is 30.3 Å². The Morgan fingerprint density at radius 3 is 2.84 bits per heavy atom. The van der Waals surface area contributed by atoms with E-state index in [0.717, 1.165) is 39.3 Å². The first-order chi connectivity index (χ1) is 9.38. The topological polar surface area (TPSA) is 32.7 Å². The van der Waals surface area contributed by atoms with Crippen molar-refractivity contribution in [3.63, 3.8) is 0 Å². The summed E-state index contributed by atoms with van der Waals surface area (Å²) in [5.74, 6) is 0.470. The molecule has 1 N–H and O–H groups in total. The molecule has 3 heteroatoms. The summed E-state index contributed by atoms with van der Waals surface area (Å²) >= 11 is 0. The van der Waals surface area contributed by atoms with Gasteiger partial charge in [-0.3, -0.25) is 0 Å². The Bertz CT molecular complexity index is 342. The Morgan fingerprint density at radius 1 is 1.21 bits per heavy atom. The molecule has 0 amide bonds. The van der Waals surface area contributed by atoms with Crippen LogP contribution in [-0.4, -0.2) is 49.5 Å². The maximum Gasteiger partial charge on any atom is 0.0593 e. The van der Waals surface area contributed by atoms with Gasteiger partial charge in [0.05, 0.1) is 13.2 Å². The first-order valence-electron chi connectivity index (χ1n) is 7.33. The van der Waals surface area contributed by atoms with Gasteiger partial charge >= 0.3 is 0 Å². The second kappa shape index (κ2) is 8.31. The molecule has 1 aliphatic heterocycles. The number of aliphatic hydroxyl groups excluding tert-OH is 1. The highest BCUT2D eigenvalue weighted by Gasteiger charge is 2.18. The molecule has 106 valence electrons. The fourth-order valence-electron chi connectivity index (χ4n) is 2.63. The number of aliphatic hydroxyl groups is 1. The first-order valence-corrected chi connectivity index (χ1v) is 7.33. The number of rotatable bonds is 7. The van der Waals surface area contributed by atoms with Crippen LogP contribution in [0.15, 0.2) is 30.3 Å². The fourth-order valence-corrected chi connectivity index (χ4v) is 2.63. The zero-order chi connectivity index (χ0) is 13.3. The van der Waals surface area contributed by atoms with Crippen LogP contribution in [0.4, 0.5) is 0 Å². The molecule has 0 bridgehead atoms. The van der Waals surface area contributed by atoms with E-state index in [4.69, 9.17) is 4.74 Å². The standard InChI is InChI=1S/C16H25NO2/c18-14-16-7-4-9-17(13-16)10-12-19-11-8-15-5-2-1-3-6-15/h1-3,5-6,16,18H,4,7-14H2. The van der Waals surface area contributed by atoms with Gasteiger partial charge in [0.15, 0.2) is 0 Å². The van der Waals surface area contributed by atoms with Crippen LogP contribution in [0.3, 0.4) is 0 Å². The average molecular weight is 263 g/mol. The molecule has 0 radical (unpaired) electrons. The lowest BCUT2D eigenvalue weighted by Crippen LogP contribution is -2.38. The van der Waals surface area contributed by atoms with E-state index in [2.05, 4.69) is 29.2 Å². The first kappa shape index (κ1) is 14.5. The van der Waals surface area contributed by atoms with E-state index >= 15 is 0 Å². The Morgan fingerprint density at radius 2 is 2.05 bits per heavy atom. The summed E-state index contributed by atoms with van der Waals surface area (Å²) in [5, 5.41) is 9.19. The van der Waals surface area contributed by atoms with Crippen molar-refractivity contribution < 1.29 is 9.84 Å². The fraction of sp³-hybridized carbons (Fsp3) is 0.625. The highest BCUT2D eigenvalue weighted by molar-refractivity contribution is 5.14. The summed E-state index contributed by atoms with van der Waals surface area (Å²) in [6.45, 7) is 5.08. The largest absolute Gasteiger partial charge is 0.396 e. The molecule has 1 heterocycles. The molecule has 3 nitrogen and oxygen atoms in total. The smallest absolute Gasteiger partial charge is 0.0593 e. The number of hydrogen-bond acceptors (Lipinski definition) is 3. The number of hydrogen-bond donors (Lipinski definition) is 1. The van der Waals surface area contributed by atoms with Crippen LogP contribution < -0.4 is 0 Å². The number of piperidine rings is 1. The van der Waals surface area contributed by atoms with E-state index in [1.807, 2.05) is 6.07 Å². The monoisotopic (exact) mass is 263 g/mol. The van der Waals surface area contributed by atoms with Crippen LogP contribution >= 0.6 is 0 Å². The lowest BCUT2D eigenvalue weighted by Gasteiger charge is -2.31. The van der Waals surface area contributed by atoms with E-state index in [1.54, 1.807) is 0 Å². The minimum absolute atomic E-state index is 0.325. The van der Waals surface area contributed by atoms with E-state index in [1.165, 1.54) is 18.4 Å². The number of benzene rings is 1. The van der Waals surface area contributed by atoms with Crippen LogP contribution in [0.5, 0.6) is 0 Å². The molecular formula is C16H25NO2. The average Bonchev–Trinajstić information content (AvgIpc) is 2.48. The van der Waals surface area contributed by atoms with Crippen molar-refractivity contribution >= 4 is 0 Å². The molecule has 1 aliphatic rings. The Labute approximate surface area is 116 Å². The van der Waals surface area contributed by atoms with Gasteiger partial charge in [-0.2, -0.15) is 0 Å². The molecule has 1 atom stereocenters. The summed E-state index contributed by atoms with van der Waals surface area (Å²) in [6.07, 6.45) is 3.36.